The first-order chi connectivity index (χ1) is 32.1. The Bertz CT molecular complexity index is 1210. The third kappa shape index (κ3) is 25.9. The molecule has 0 aliphatic carbocycles. The fraction of sp³-hybridized carbons (Fsp3) is 0.904. The van der Waals surface area contributed by atoms with Gasteiger partial charge in [0.15, 0.2) is 12.6 Å². The van der Waals surface area contributed by atoms with Crippen molar-refractivity contribution in [3.8, 4) is 0 Å². The molecule has 14 nitrogen and oxygen atoms in total. The van der Waals surface area contributed by atoms with Crippen LogP contribution in [0, 0.1) is 0 Å². The molecule has 2 aliphatic rings. The summed E-state index contributed by atoms with van der Waals surface area (Å²) in [6, 6.07) is -0.830. The van der Waals surface area contributed by atoms with Crippen LogP contribution in [0.3, 0.4) is 0 Å². The lowest BCUT2D eigenvalue weighted by Crippen LogP contribution is -2.65. The summed E-state index contributed by atoms with van der Waals surface area (Å²) < 4.78 is 22.8. The second-order valence-electron chi connectivity index (χ2n) is 19.0. The van der Waals surface area contributed by atoms with Gasteiger partial charge in [0, 0.05) is 6.42 Å². The van der Waals surface area contributed by atoms with Crippen LogP contribution in [0.15, 0.2) is 24.3 Å². The normalized spacial score (nSPS) is 26.9. The SMILES string of the molecule is CCCCC/C=C\C/C=C\CCCCCCCCCC(=O)NC(COC1OC(CO)C(OC2OC(CO)C(O)C(O)C2O)C(O)C1O)C(O)CCCCCCCCCCCCCCCCC. The van der Waals surface area contributed by atoms with E-state index >= 15 is 0 Å². The Balaban J connectivity index is 1.82. The van der Waals surface area contributed by atoms with E-state index in [4.69, 9.17) is 18.9 Å². The van der Waals surface area contributed by atoms with Gasteiger partial charge in [0.1, 0.15) is 48.8 Å². The fourth-order valence-corrected chi connectivity index (χ4v) is 8.80. The molecule has 12 unspecified atom stereocenters. The van der Waals surface area contributed by atoms with Crippen molar-refractivity contribution < 1.29 is 64.6 Å². The van der Waals surface area contributed by atoms with Crippen molar-refractivity contribution in [3.63, 3.8) is 0 Å². The molecule has 66 heavy (non-hydrogen) atoms. The number of ether oxygens (including phenoxy) is 4. The van der Waals surface area contributed by atoms with Crippen LogP contribution < -0.4 is 5.32 Å². The van der Waals surface area contributed by atoms with Crippen LogP contribution in [0.25, 0.3) is 0 Å². The molecule has 12 atom stereocenters. The molecule has 0 aromatic carbocycles. The molecule has 2 saturated heterocycles. The maximum atomic E-state index is 13.2. The standard InChI is InChI=1S/C52H97NO13/c1-3-5-7-9-11-13-15-17-19-20-22-24-26-28-30-32-34-36-44(57)53-40(41(56)35-33-31-29-27-25-23-21-18-16-14-12-10-8-6-4-2)39-63-51-49(62)47(60)50(43(38-55)65-51)66-52-48(61)46(59)45(58)42(37-54)64-52/h11,13,17,19,40-43,45-52,54-56,58-62H,3-10,12,14-16,18,20-39H2,1-2H3,(H,53,57)/b13-11-,19-17-. The summed E-state index contributed by atoms with van der Waals surface area (Å²) in [6.07, 6.45) is 26.0. The summed E-state index contributed by atoms with van der Waals surface area (Å²) in [5.74, 6) is -0.215. The van der Waals surface area contributed by atoms with Crippen molar-refractivity contribution in [1.82, 2.24) is 5.32 Å². The zero-order valence-corrected chi connectivity index (χ0v) is 41.2. The van der Waals surface area contributed by atoms with E-state index in [0.717, 1.165) is 57.8 Å². The van der Waals surface area contributed by atoms with Crippen LogP contribution in [-0.4, -0.2) is 140 Å². The van der Waals surface area contributed by atoms with Gasteiger partial charge in [0.25, 0.3) is 0 Å². The van der Waals surface area contributed by atoms with E-state index in [0.29, 0.717) is 19.3 Å². The van der Waals surface area contributed by atoms with Gasteiger partial charge in [0.05, 0.1) is 32.0 Å². The van der Waals surface area contributed by atoms with E-state index in [9.17, 15) is 45.6 Å². The van der Waals surface area contributed by atoms with E-state index in [1.54, 1.807) is 0 Å². The monoisotopic (exact) mass is 944 g/mol. The number of hydrogen-bond donors (Lipinski definition) is 9. The molecule has 2 heterocycles. The van der Waals surface area contributed by atoms with Crippen molar-refractivity contribution in [2.45, 2.75) is 280 Å². The highest BCUT2D eigenvalue weighted by Gasteiger charge is 2.51. The second kappa shape index (κ2) is 39.2. The van der Waals surface area contributed by atoms with Crippen molar-refractivity contribution in [2.75, 3.05) is 19.8 Å². The summed E-state index contributed by atoms with van der Waals surface area (Å²) in [4.78, 5) is 13.2. The van der Waals surface area contributed by atoms with Crippen LogP contribution in [0.2, 0.25) is 0 Å². The minimum atomic E-state index is -1.78. The summed E-state index contributed by atoms with van der Waals surface area (Å²) in [7, 11) is 0. The average molecular weight is 944 g/mol. The predicted molar refractivity (Wildman–Crippen MR) is 258 cm³/mol. The lowest BCUT2D eigenvalue weighted by atomic mass is 9.97. The molecule has 0 spiro atoms. The van der Waals surface area contributed by atoms with Crippen LogP contribution >= 0.6 is 0 Å². The van der Waals surface area contributed by atoms with Gasteiger partial charge in [-0.15, -0.1) is 0 Å². The number of carbonyl (C=O) groups is 1. The van der Waals surface area contributed by atoms with Gasteiger partial charge in [-0.2, -0.15) is 0 Å². The number of allylic oxidation sites excluding steroid dienone is 4. The molecule has 0 aromatic heterocycles. The molecule has 14 heteroatoms. The first kappa shape index (κ1) is 60.6. The first-order valence-electron chi connectivity index (χ1n) is 26.6. The maximum Gasteiger partial charge on any atom is 0.220 e. The lowest BCUT2D eigenvalue weighted by Gasteiger charge is -2.46. The Hall–Kier alpha value is -1.53. The molecule has 388 valence electrons. The summed E-state index contributed by atoms with van der Waals surface area (Å²) >= 11 is 0. The van der Waals surface area contributed by atoms with Gasteiger partial charge < -0.3 is 65.1 Å². The zero-order chi connectivity index (χ0) is 48.2. The smallest absolute Gasteiger partial charge is 0.220 e. The Kier molecular flexibility index (Phi) is 36.0. The average Bonchev–Trinajstić information content (AvgIpc) is 3.31. The Morgan fingerprint density at radius 2 is 1.00 bits per heavy atom. The van der Waals surface area contributed by atoms with Crippen molar-refractivity contribution in [2.24, 2.45) is 0 Å². The highest BCUT2D eigenvalue weighted by Crippen LogP contribution is 2.30. The molecular formula is C52H97NO13. The summed E-state index contributed by atoms with van der Waals surface area (Å²) in [6.45, 7) is 2.82. The van der Waals surface area contributed by atoms with Crippen LogP contribution in [0.4, 0.5) is 0 Å². The largest absolute Gasteiger partial charge is 0.394 e. The minimum absolute atomic E-state index is 0.215. The topological polar surface area (TPSA) is 228 Å². The molecule has 0 saturated carbocycles. The minimum Gasteiger partial charge on any atom is -0.394 e. The Morgan fingerprint density at radius 1 is 0.545 bits per heavy atom. The van der Waals surface area contributed by atoms with Crippen molar-refractivity contribution in [1.29, 1.82) is 0 Å². The highest BCUT2D eigenvalue weighted by molar-refractivity contribution is 5.76. The number of rotatable bonds is 41. The number of aliphatic hydroxyl groups is 8. The van der Waals surface area contributed by atoms with Gasteiger partial charge in [-0.05, 0) is 44.9 Å². The number of nitrogens with one attached hydrogen (secondary N) is 1. The lowest BCUT2D eigenvalue weighted by molar-refractivity contribution is -0.359. The first-order valence-corrected chi connectivity index (χ1v) is 26.6. The van der Waals surface area contributed by atoms with Crippen LogP contribution in [0.1, 0.15) is 206 Å². The molecular weight excluding hydrogens is 847 g/mol. The van der Waals surface area contributed by atoms with Gasteiger partial charge in [0.2, 0.25) is 5.91 Å². The van der Waals surface area contributed by atoms with E-state index < -0.39 is 86.8 Å². The fourth-order valence-electron chi connectivity index (χ4n) is 8.80. The van der Waals surface area contributed by atoms with Crippen molar-refractivity contribution in [3.05, 3.63) is 24.3 Å². The van der Waals surface area contributed by atoms with Gasteiger partial charge >= 0.3 is 0 Å². The predicted octanol–water partition coefficient (Wildman–Crippen LogP) is 7.33. The molecule has 0 bridgehead atoms. The van der Waals surface area contributed by atoms with Gasteiger partial charge in [-0.3, -0.25) is 4.79 Å². The molecule has 0 radical (unpaired) electrons. The molecule has 9 N–H and O–H groups in total. The van der Waals surface area contributed by atoms with E-state index in [1.807, 2.05) is 0 Å². The van der Waals surface area contributed by atoms with Gasteiger partial charge in [-0.25, -0.2) is 0 Å². The van der Waals surface area contributed by atoms with E-state index in [-0.39, 0.29) is 12.5 Å². The maximum absolute atomic E-state index is 13.2. The molecule has 2 fully saturated rings. The molecule has 0 aromatic rings. The number of carbonyl (C=O) groups excluding carboxylic acids is 1. The van der Waals surface area contributed by atoms with E-state index in [1.165, 1.54) is 116 Å². The number of unbranched alkanes of at least 4 members (excludes halogenated alkanes) is 24. The third-order valence-electron chi connectivity index (χ3n) is 13.2. The van der Waals surface area contributed by atoms with E-state index in [2.05, 4.69) is 43.5 Å². The summed E-state index contributed by atoms with van der Waals surface area (Å²) in [5.41, 5.74) is 0. The number of hydrogen-bond acceptors (Lipinski definition) is 13. The number of aliphatic hydroxyl groups excluding tert-OH is 8. The number of amides is 1. The highest BCUT2D eigenvalue weighted by atomic mass is 16.7. The second-order valence-corrected chi connectivity index (χ2v) is 19.0. The Labute approximate surface area is 398 Å². The van der Waals surface area contributed by atoms with Crippen LogP contribution in [-0.2, 0) is 23.7 Å². The molecule has 2 rings (SSSR count). The molecule has 1 amide bonds. The zero-order valence-electron chi connectivity index (χ0n) is 41.2. The van der Waals surface area contributed by atoms with Crippen molar-refractivity contribution >= 4 is 5.91 Å². The third-order valence-corrected chi connectivity index (χ3v) is 13.2. The van der Waals surface area contributed by atoms with Gasteiger partial charge in [-0.1, -0.05) is 179 Å². The quantitative estimate of drug-likeness (QED) is 0.0216. The Morgan fingerprint density at radius 3 is 1.55 bits per heavy atom. The van der Waals surface area contributed by atoms with Crippen LogP contribution in [0.5, 0.6) is 0 Å². The molecule has 2 aliphatic heterocycles. The summed E-state index contributed by atoms with van der Waals surface area (Å²) in [5, 5.41) is 87.0.